The number of rotatable bonds is 9. The maximum atomic E-state index is 12.2. The van der Waals surface area contributed by atoms with Gasteiger partial charge in [-0.2, -0.15) is 0 Å². The highest BCUT2D eigenvalue weighted by atomic mass is 32.2. The van der Waals surface area contributed by atoms with Crippen molar-refractivity contribution in [3.05, 3.63) is 60.2 Å². The summed E-state index contributed by atoms with van der Waals surface area (Å²) in [6.45, 7) is 6.69. The van der Waals surface area contributed by atoms with Crippen LogP contribution in [0, 0.1) is 0 Å². The van der Waals surface area contributed by atoms with Crippen LogP contribution < -0.4 is 10.1 Å². The normalized spacial score (nSPS) is 12.0. The molecular formula is C21H27NO2S. The van der Waals surface area contributed by atoms with E-state index < -0.39 is 0 Å². The van der Waals surface area contributed by atoms with Crippen molar-refractivity contribution in [2.75, 3.05) is 6.54 Å². The third-order valence-electron chi connectivity index (χ3n) is 3.66. The van der Waals surface area contributed by atoms with E-state index in [0.29, 0.717) is 6.54 Å². The van der Waals surface area contributed by atoms with Gasteiger partial charge in [0.25, 0.3) is 0 Å². The first-order valence-corrected chi connectivity index (χ1v) is 9.67. The number of ether oxygens (including phenoxy) is 1. The van der Waals surface area contributed by atoms with Crippen LogP contribution in [0.2, 0.25) is 0 Å². The smallest absolute Gasteiger partial charge is 0.233 e. The molecule has 134 valence electrons. The number of thioether (sulfide) groups is 1. The SMILES string of the molecule is CC(C)Oc1ccc(CCCNC(=O)[C@H](C)Sc2ccccc2)cc1. The van der Waals surface area contributed by atoms with E-state index in [4.69, 9.17) is 4.74 Å². The number of aryl methyl sites for hydroxylation is 1. The van der Waals surface area contributed by atoms with Crippen molar-refractivity contribution in [2.24, 2.45) is 0 Å². The minimum Gasteiger partial charge on any atom is -0.491 e. The van der Waals surface area contributed by atoms with Crippen LogP contribution in [0.1, 0.15) is 32.8 Å². The predicted octanol–water partition coefficient (Wildman–Crippen LogP) is 4.70. The highest BCUT2D eigenvalue weighted by molar-refractivity contribution is 8.00. The first kappa shape index (κ1) is 19.4. The van der Waals surface area contributed by atoms with Crippen molar-refractivity contribution >= 4 is 17.7 Å². The Hall–Kier alpha value is -1.94. The summed E-state index contributed by atoms with van der Waals surface area (Å²) < 4.78 is 5.64. The summed E-state index contributed by atoms with van der Waals surface area (Å²) in [6, 6.07) is 18.2. The highest BCUT2D eigenvalue weighted by Crippen LogP contribution is 2.22. The van der Waals surface area contributed by atoms with Gasteiger partial charge in [0, 0.05) is 11.4 Å². The number of hydrogen-bond donors (Lipinski definition) is 1. The molecule has 0 heterocycles. The molecule has 0 radical (unpaired) electrons. The van der Waals surface area contributed by atoms with Crippen LogP contribution in [-0.4, -0.2) is 23.8 Å². The summed E-state index contributed by atoms with van der Waals surface area (Å²) >= 11 is 1.59. The Balaban J connectivity index is 1.67. The van der Waals surface area contributed by atoms with Gasteiger partial charge >= 0.3 is 0 Å². The molecule has 2 aromatic carbocycles. The fourth-order valence-electron chi connectivity index (χ4n) is 2.41. The molecule has 0 aromatic heterocycles. The van der Waals surface area contributed by atoms with Crippen molar-refractivity contribution in [2.45, 2.75) is 49.9 Å². The Bertz CT molecular complexity index is 641. The molecule has 0 aliphatic rings. The molecule has 25 heavy (non-hydrogen) atoms. The van der Waals surface area contributed by atoms with Crippen LogP contribution >= 0.6 is 11.8 Å². The molecule has 0 fully saturated rings. The molecule has 2 aromatic rings. The second-order valence-electron chi connectivity index (χ2n) is 6.28. The van der Waals surface area contributed by atoms with Gasteiger partial charge < -0.3 is 10.1 Å². The lowest BCUT2D eigenvalue weighted by Gasteiger charge is -2.12. The Labute approximate surface area is 155 Å². The van der Waals surface area contributed by atoms with E-state index in [1.807, 2.05) is 63.2 Å². The number of hydrogen-bond acceptors (Lipinski definition) is 3. The molecule has 0 saturated carbocycles. The van der Waals surface area contributed by atoms with E-state index >= 15 is 0 Å². The molecule has 0 aliphatic heterocycles. The molecule has 1 atom stereocenters. The molecule has 3 nitrogen and oxygen atoms in total. The second kappa shape index (κ2) is 10.1. The van der Waals surface area contributed by atoms with Crippen LogP contribution in [0.3, 0.4) is 0 Å². The van der Waals surface area contributed by atoms with E-state index in [1.54, 1.807) is 11.8 Å². The standard InChI is InChI=1S/C21H27NO2S/c1-16(2)24-19-13-11-18(12-14-19)8-7-15-22-21(23)17(3)25-20-9-5-4-6-10-20/h4-6,9-14,16-17H,7-8,15H2,1-3H3,(H,22,23)/t17-/m0/s1. The molecule has 0 aliphatic carbocycles. The molecule has 1 N–H and O–H groups in total. The Morgan fingerprint density at radius 2 is 1.72 bits per heavy atom. The lowest BCUT2D eigenvalue weighted by atomic mass is 10.1. The molecule has 0 spiro atoms. The number of carbonyl (C=O) groups is 1. The minimum absolute atomic E-state index is 0.0881. The summed E-state index contributed by atoms with van der Waals surface area (Å²) in [5.74, 6) is 0.994. The average Bonchev–Trinajstić information content (AvgIpc) is 2.60. The van der Waals surface area contributed by atoms with Crippen LogP contribution in [0.5, 0.6) is 5.75 Å². The Morgan fingerprint density at radius 1 is 1.04 bits per heavy atom. The Kier molecular flexibility index (Phi) is 7.86. The van der Waals surface area contributed by atoms with Gasteiger partial charge in [-0.25, -0.2) is 0 Å². The second-order valence-corrected chi connectivity index (χ2v) is 7.69. The zero-order valence-electron chi connectivity index (χ0n) is 15.2. The topological polar surface area (TPSA) is 38.3 Å². The fourth-order valence-corrected chi connectivity index (χ4v) is 3.32. The molecule has 0 bridgehead atoms. The van der Waals surface area contributed by atoms with Crippen molar-refractivity contribution in [1.29, 1.82) is 0 Å². The van der Waals surface area contributed by atoms with Gasteiger partial charge in [0.15, 0.2) is 0 Å². The van der Waals surface area contributed by atoms with Gasteiger partial charge in [0.05, 0.1) is 11.4 Å². The molecule has 0 unspecified atom stereocenters. The van der Waals surface area contributed by atoms with Crippen molar-refractivity contribution in [1.82, 2.24) is 5.32 Å². The summed E-state index contributed by atoms with van der Waals surface area (Å²) in [7, 11) is 0. The summed E-state index contributed by atoms with van der Waals surface area (Å²) in [5, 5.41) is 2.94. The maximum Gasteiger partial charge on any atom is 0.233 e. The van der Waals surface area contributed by atoms with Gasteiger partial charge in [-0.3, -0.25) is 4.79 Å². The first-order valence-electron chi connectivity index (χ1n) is 8.79. The first-order chi connectivity index (χ1) is 12.0. The number of carbonyl (C=O) groups excluding carboxylic acids is 1. The third kappa shape index (κ3) is 7.22. The van der Waals surface area contributed by atoms with E-state index in [1.165, 1.54) is 5.56 Å². The largest absolute Gasteiger partial charge is 0.491 e. The van der Waals surface area contributed by atoms with Gasteiger partial charge in [0.1, 0.15) is 5.75 Å². The van der Waals surface area contributed by atoms with Crippen molar-refractivity contribution in [3.63, 3.8) is 0 Å². The maximum absolute atomic E-state index is 12.2. The van der Waals surface area contributed by atoms with E-state index in [9.17, 15) is 4.79 Å². The highest BCUT2D eigenvalue weighted by Gasteiger charge is 2.13. The zero-order chi connectivity index (χ0) is 18.1. The summed E-state index contributed by atoms with van der Waals surface area (Å²) in [5.41, 5.74) is 1.26. The van der Waals surface area contributed by atoms with Gasteiger partial charge in [0.2, 0.25) is 5.91 Å². The number of nitrogens with one attached hydrogen (secondary N) is 1. The van der Waals surface area contributed by atoms with Crippen LogP contribution in [0.15, 0.2) is 59.5 Å². The van der Waals surface area contributed by atoms with Gasteiger partial charge in [-0.05, 0) is 63.4 Å². The minimum atomic E-state index is -0.0881. The summed E-state index contributed by atoms with van der Waals surface area (Å²) in [6.07, 6.45) is 2.07. The predicted molar refractivity (Wildman–Crippen MR) is 105 cm³/mol. The zero-order valence-corrected chi connectivity index (χ0v) is 16.0. The lowest BCUT2D eigenvalue weighted by molar-refractivity contribution is -0.120. The quantitative estimate of drug-likeness (QED) is 0.522. The summed E-state index contributed by atoms with van der Waals surface area (Å²) in [4.78, 5) is 13.3. The average molecular weight is 358 g/mol. The third-order valence-corrected chi connectivity index (χ3v) is 4.77. The number of amides is 1. The van der Waals surface area contributed by atoms with Gasteiger partial charge in [-0.1, -0.05) is 30.3 Å². The molecule has 1 amide bonds. The Morgan fingerprint density at radius 3 is 2.36 bits per heavy atom. The molecule has 2 rings (SSSR count). The van der Waals surface area contributed by atoms with E-state index in [2.05, 4.69) is 17.4 Å². The molecular weight excluding hydrogens is 330 g/mol. The van der Waals surface area contributed by atoms with Crippen LogP contribution in [0.25, 0.3) is 0 Å². The van der Waals surface area contributed by atoms with Crippen molar-refractivity contribution in [3.8, 4) is 5.75 Å². The number of benzene rings is 2. The monoisotopic (exact) mass is 357 g/mol. The fraction of sp³-hybridized carbons (Fsp3) is 0.381. The van der Waals surface area contributed by atoms with Crippen LogP contribution in [0.4, 0.5) is 0 Å². The van der Waals surface area contributed by atoms with Crippen LogP contribution in [-0.2, 0) is 11.2 Å². The van der Waals surface area contributed by atoms with Crippen molar-refractivity contribution < 1.29 is 9.53 Å². The van der Waals surface area contributed by atoms with Gasteiger partial charge in [-0.15, -0.1) is 11.8 Å². The van der Waals surface area contributed by atoms with E-state index in [0.717, 1.165) is 23.5 Å². The molecule has 4 heteroatoms. The molecule has 0 saturated heterocycles. The lowest BCUT2D eigenvalue weighted by Crippen LogP contribution is -2.31. The van der Waals surface area contributed by atoms with E-state index in [-0.39, 0.29) is 17.3 Å².